The van der Waals surface area contributed by atoms with Gasteiger partial charge in [-0.3, -0.25) is 9.59 Å². The zero-order valence-corrected chi connectivity index (χ0v) is 14.4. The lowest BCUT2D eigenvalue weighted by molar-refractivity contribution is 0.0678. The number of nitrogens with zero attached hydrogens (tertiary/aromatic N) is 4. The largest absolute Gasteiger partial charge is 0.361 e. The number of hydrogen-bond acceptors (Lipinski definition) is 5. The average Bonchev–Trinajstić information content (AvgIpc) is 3.38. The third kappa shape index (κ3) is 3.36. The number of likely N-dealkylation sites (tertiary alicyclic amines) is 1. The summed E-state index contributed by atoms with van der Waals surface area (Å²) in [6.07, 6.45) is 5.58. The Morgan fingerprint density at radius 3 is 2.64 bits per heavy atom. The number of carbonyl (C=O) groups is 1. The Bertz CT molecular complexity index is 829. The van der Waals surface area contributed by atoms with E-state index in [2.05, 4.69) is 10.3 Å². The van der Waals surface area contributed by atoms with E-state index in [9.17, 15) is 9.59 Å². The summed E-state index contributed by atoms with van der Waals surface area (Å²) in [5.74, 6) is 1.44. The highest BCUT2D eigenvalue weighted by atomic mass is 16.5. The molecule has 3 heterocycles. The van der Waals surface area contributed by atoms with Crippen molar-refractivity contribution >= 4 is 5.91 Å². The molecule has 0 radical (unpaired) electrons. The third-order valence-electron chi connectivity index (χ3n) is 5.20. The van der Waals surface area contributed by atoms with E-state index >= 15 is 0 Å². The monoisotopic (exact) mass is 342 g/mol. The number of amides is 1. The molecule has 0 atom stereocenters. The summed E-state index contributed by atoms with van der Waals surface area (Å²) in [6.45, 7) is 3.75. The Morgan fingerprint density at radius 2 is 2.00 bits per heavy atom. The van der Waals surface area contributed by atoms with Crippen LogP contribution in [0.3, 0.4) is 0 Å². The maximum Gasteiger partial charge on any atom is 0.266 e. The van der Waals surface area contributed by atoms with Gasteiger partial charge in [-0.25, -0.2) is 4.68 Å². The van der Waals surface area contributed by atoms with Gasteiger partial charge in [-0.15, -0.1) is 0 Å². The second-order valence-corrected chi connectivity index (χ2v) is 7.08. The van der Waals surface area contributed by atoms with Crippen molar-refractivity contribution in [3.05, 3.63) is 45.7 Å². The molecule has 7 heteroatoms. The van der Waals surface area contributed by atoms with Crippen molar-refractivity contribution < 1.29 is 9.32 Å². The zero-order chi connectivity index (χ0) is 17.4. The van der Waals surface area contributed by atoms with Crippen LogP contribution in [0.1, 0.15) is 53.4 Å². The number of rotatable bonds is 4. The fraction of sp³-hybridized carbons (Fsp3) is 0.556. The van der Waals surface area contributed by atoms with Crippen molar-refractivity contribution in [2.45, 2.75) is 45.1 Å². The molecule has 1 saturated heterocycles. The summed E-state index contributed by atoms with van der Waals surface area (Å²) in [5.41, 5.74) is 1.53. The molecule has 132 valence electrons. The Hall–Kier alpha value is -2.44. The molecular formula is C18H22N4O3. The van der Waals surface area contributed by atoms with Crippen LogP contribution in [-0.2, 0) is 6.54 Å². The van der Waals surface area contributed by atoms with E-state index < -0.39 is 0 Å². The van der Waals surface area contributed by atoms with Crippen molar-refractivity contribution in [3.63, 3.8) is 0 Å². The standard InChI is InChI=1S/C18H22N4O3/c1-12-15(10-19-25-12)18(24)21-8-6-13(7-9-21)11-22-17(23)5-4-16(20-22)14-2-3-14/h4-5,10,13-14H,2-3,6-9,11H2,1H3. The molecule has 4 rings (SSSR count). The molecule has 0 N–H and O–H groups in total. The van der Waals surface area contributed by atoms with Crippen LogP contribution in [0, 0.1) is 12.8 Å². The van der Waals surface area contributed by atoms with Gasteiger partial charge in [-0.2, -0.15) is 5.10 Å². The van der Waals surface area contributed by atoms with Crippen molar-refractivity contribution in [2.24, 2.45) is 5.92 Å². The topological polar surface area (TPSA) is 81.2 Å². The lowest BCUT2D eigenvalue weighted by Crippen LogP contribution is -2.40. The van der Waals surface area contributed by atoms with Gasteiger partial charge in [0, 0.05) is 31.6 Å². The number of carbonyl (C=O) groups excluding carboxylic acids is 1. The predicted molar refractivity (Wildman–Crippen MR) is 90.3 cm³/mol. The highest BCUT2D eigenvalue weighted by Gasteiger charge is 2.28. The van der Waals surface area contributed by atoms with E-state index in [-0.39, 0.29) is 11.5 Å². The molecule has 2 aromatic rings. The second kappa shape index (κ2) is 6.46. The minimum Gasteiger partial charge on any atom is -0.361 e. The summed E-state index contributed by atoms with van der Waals surface area (Å²) < 4.78 is 6.59. The normalized spacial score (nSPS) is 18.5. The van der Waals surface area contributed by atoms with Gasteiger partial charge >= 0.3 is 0 Å². The van der Waals surface area contributed by atoms with E-state index in [0.717, 1.165) is 18.5 Å². The molecule has 0 bridgehead atoms. The van der Waals surface area contributed by atoms with Gasteiger partial charge in [0.25, 0.3) is 11.5 Å². The highest BCUT2D eigenvalue weighted by Crippen LogP contribution is 2.38. The maximum atomic E-state index is 12.5. The number of aryl methyl sites for hydroxylation is 1. The lowest BCUT2D eigenvalue weighted by atomic mass is 9.96. The molecular weight excluding hydrogens is 320 g/mol. The molecule has 2 aromatic heterocycles. The SMILES string of the molecule is Cc1oncc1C(=O)N1CCC(Cn2nc(C3CC3)ccc2=O)CC1. The fourth-order valence-corrected chi connectivity index (χ4v) is 3.43. The van der Waals surface area contributed by atoms with E-state index in [0.29, 0.717) is 42.8 Å². The molecule has 25 heavy (non-hydrogen) atoms. The van der Waals surface area contributed by atoms with Crippen molar-refractivity contribution in [2.75, 3.05) is 13.1 Å². The van der Waals surface area contributed by atoms with Crippen molar-refractivity contribution in [1.82, 2.24) is 19.8 Å². The quantitative estimate of drug-likeness (QED) is 0.848. The van der Waals surface area contributed by atoms with Crippen LogP contribution in [0.25, 0.3) is 0 Å². The second-order valence-electron chi connectivity index (χ2n) is 7.08. The summed E-state index contributed by atoms with van der Waals surface area (Å²) in [6, 6.07) is 3.49. The van der Waals surface area contributed by atoms with Crippen LogP contribution < -0.4 is 5.56 Å². The Kier molecular flexibility index (Phi) is 4.15. The summed E-state index contributed by atoms with van der Waals surface area (Å²) in [4.78, 5) is 26.4. The van der Waals surface area contributed by atoms with Gasteiger partial charge < -0.3 is 9.42 Å². The first-order valence-electron chi connectivity index (χ1n) is 8.90. The van der Waals surface area contributed by atoms with E-state index in [1.807, 2.05) is 11.0 Å². The average molecular weight is 342 g/mol. The molecule has 1 saturated carbocycles. The molecule has 2 aliphatic rings. The van der Waals surface area contributed by atoms with Gasteiger partial charge in [0.1, 0.15) is 11.3 Å². The maximum absolute atomic E-state index is 12.5. The highest BCUT2D eigenvalue weighted by molar-refractivity contribution is 5.94. The molecule has 0 unspecified atom stereocenters. The van der Waals surface area contributed by atoms with Gasteiger partial charge in [0.15, 0.2) is 0 Å². The van der Waals surface area contributed by atoms with E-state index in [1.54, 1.807) is 17.7 Å². The van der Waals surface area contributed by atoms with Crippen LogP contribution in [0.4, 0.5) is 0 Å². The van der Waals surface area contributed by atoms with Crippen molar-refractivity contribution in [3.8, 4) is 0 Å². The van der Waals surface area contributed by atoms with Gasteiger partial charge in [-0.1, -0.05) is 5.16 Å². The molecule has 1 amide bonds. The van der Waals surface area contributed by atoms with E-state index in [4.69, 9.17) is 4.52 Å². The molecule has 0 aromatic carbocycles. The number of aromatic nitrogens is 3. The van der Waals surface area contributed by atoms with Crippen LogP contribution >= 0.6 is 0 Å². The first-order valence-corrected chi connectivity index (χ1v) is 8.90. The van der Waals surface area contributed by atoms with Crippen LogP contribution in [0.2, 0.25) is 0 Å². The Balaban J connectivity index is 1.38. The Morgan fingerprint density at radius 1 is 1.24 bits per heavy atom. The minimum atomic E-state index is -0.0389. The summed E-state index contributed by atoms with van der Waals surface area (Å²) in [7, 11) is 0. The fourth-order valence-electron chi connectivity index (χ4n) is 3.43. The zero-order valence-electron chi connectivity index (χ0n) is 14.4. The van der Waals surface area contributed by atoms with E-state index in [1.165, 1.54) is 19.0 Å². The van der Waals surface area contributed by atoms with Crippen LogP contribution in [0.15, 0.2) is 27.6 Å². The minimum absolute atomic E-state index is 0.0248. The number of piperidine rings is 1. The van der Waals surface area contributed by atoms with Crippen molar-refractivity contribution in [1.29, 1.82) is 0 Å². The molecule has 7 nitrogen and oxygen atoms in total. The third-order valence-corrected chi connectivity index (χ3v) is 5.20. The lowest BCUT2D eigenvalue weighted by Gasteiger charge is -2.31. The smallest absolute Gasteiger partial charge is 0.266 e. The summed E-state index contributed by atoms with van der Waals surface area (Å²) in [5, 5.41) is 8.21. The van der Waals surface area contributed by atoms with Gasteiger partial charge in [0.2, 0.25) is 0 Å². The van der Waals surface area contributed by atoms with Crippen LogP contribution in [0.5, 0.6) is 0 Å². The van der Waals surface area contributed by atoms with Gasteiger partial charge in [0.05, 0.1) is 11.9 Å². The van der Waals surface area contributed by atoms with Gasteiger partial charge in [-0.05, 0) is 44.6 Å². The predicted octanol–water partition coefficient (Wildman–Crippen LogP) is 1.97. The summed E-state index contributed by atoms with van der Waals surface area (Å²) >= 11 is 0. The molecule has 1 aliphatic carbocycles. The number of hydrogen-bond donors (Lipinski definition) is 0. The first-order chi connectivity index (χ1) is 12.1. The van der Waals surface area contributed by atoms with Crippen LogP contribution in [-0.4, -0.2) is 38.8 Å². The molecule has 0 spiro atoms. The Labute approximate surface area is 145 Å². The molecule has 2 fully saturated rings. The molecule has 1 aliphatic heterocycles. The first kappa shape index (κ1) is 16.1.